The van der Waals surface area contributed by atoms with Crippen LogP contribution in [-0.2, 0) is 9.47 Å². The highest BCUT2D eigenvalue weighted by molar-refractivity contribution is 7.17. The molecule has 1 aliphatic heterocycles. The van der Waals surface area contributed by atoms with Gasteiger partial charge in [-0.05, 0) is 6.92 Å². The van der Waals surface area contributed by atoms with Gasteiger partial charge in [-0.2, -0.15) is 0 Å². The zero-order valence-electron chi connectivity index (χ0n) is 10.2. The highest BCUT2D eigenvalue weighted by atomic mass is 32.1. The monoisotopic (exact) mass is 256 g/mol. The van der Waals surface area contributed by atoms with E-state index in [1.807, 2.05) is 6.92 Å². The molecule has 17 heavy (non-hydrogen) atoms. The van der Waals surface area contributed by atoms with Gasteiger partial charge in [0.25, 0.3) is 0 Å². The quantitative estimate of drug-likeness (QED) is 0.755. The molecule has 0 amide bonds. The summed E-state index contributed by atoms with van der Waals surface area (Å²) in [4.78, 5) is 18.0. The summed E-state index contributed by atoms with van der Waals surface area (Å²) in [6.07, 6.45) is 0.974. The van der Waals surface area contributed by atoms with Crippen molar-refractivity contribution in [2.75, 3.05) is 32.2 Å². The fourth-order valence-corrected chi connectivity index (χ4v) is 2.89. The van der Waals surface area contributed by atoms with Gasteiger partial charge >= 0.3 is 0 Å². The van der Waals surface area contributed by atoms with Crippen molar-refractivity contribution in [3.05, 3.63) is 10.6 Å². The first kappa shape index (κ1) is 12.5. The van der Waals surface area contributed by atoms with Crippen LogP contribution >= 0.6 is 11.3 Å². The van der Waals surface area contributed by atoms with E-state index in [0.717, 1.165) is 30.2 Å². The van der Waals surface area contributed by atoms with Crippen molar-refractivity contribution in [1.82, 2.24) is 4.98 Å². The number of aromatic nitrogens is 1. The molecule has 0 spiro atoms. The second kappa shape index (κ2) is 5.12. The van der Waals surface area contributed by atoms with Crippen LogP contribution in [0.5, 0.6) is 0 Å². The van der Waals surface area contributed by atoms with Crippen molar-refractivity contribution in [1.29, 1.82) is 0 Å². The number of ether oxygens (including phenoxy) is 2. The number of carbonyl (C=O) groups is 1. The van der Waals surface area contributed by atoms with Gasteiger partial charge in [0.2, 0.25) is 0 Å². The SMILES string of the molecule is COC1CN(c2nc(C)c(C=O)s2)CC1OC. The van der Waals surface area contributed by atoms with Crippen LogP contribution in [0.1, 0.15) is 15.4 Å². The van der Waals surface area contributed by atoms with Gasteiger partial charge in [-0.25, -0.2) is 4.98 Å². The molecule has 0 N–H and O–H groups in total. The van der Waals surface area contributed by atoms with Crippen LogP contribution in [0.3, 0.4) is 0 Å². The van der Waals surface area contributed by atoms with E-state index < -0.39 is 0 Å². The lowest BCUT2D eigenvalue weighted by atomic mass is 10.3. The molecule has 0 saturated carbocycles. The van der Waals surface area contributed by atoms with Gasteiger partial charge in [0.05, 0.1) is 10.6 Å². The Kier molecular flexibility index (Phi) is 3.76. The van der Waals surface area contributed by atoms with Gasteiger partial charge in [0, 0.05) is 27.3 Å². The highest BCUT2D eigenvalue weighted by Gasteiger charge is 2.34. The zero-order chi connectivity index (χ0) is 12.4. The van der Waals surface area contributed by atoms with E-state index in [0.29, 0.717) is 4.88 Å². The van der Waals surface area contributed by atoms with Crippen molar-refractivity contribution < 1.29 is 14.3 Å². The number of carbonyl (C=O) groups excluding carboxylic acids is 1. The van der Waals surface area contributed by atoms with Crippen LogP contribution in [0.4, 0.5) is 5.13 Å². The lowest BCUT2D eigenvalue weighted by Gasteiger charge is -2.13. The molecule has 1 aromatic heterocycles. The first-order valence-corrected chi connectivity index (χ1v) is 6.24. The molecule has 1 fully saturated rings. The average molecular weight is 256 g/mol. The molecule has 0 aromatic carbocycles. The number of hydrogen-bond donors (Lipinski definition) is 0. The third-order valence-corrected chi connectivity index (χ3v) is 4.16. The lowest BCUT2D eigenvalue weighted by Crippen LogP contribution is -2.27. The van der Waals surface area contributed by atoms with Gasteiger partial charge in [-0.15, -0.1) is 0 Å². The first-order valence-electron chi connectivity index (χ1n) is 5.42. The number of aldehydes is 1. The number of thiazole rings is 1. The third kappa shape index (κ3) is 2.34. The van der Waals surface area contributed by atoms with Crippen molar-refractivity contribution >= 4 is 22.8 Å². The second-order valence-corrected chi connectivity index (χ2v) is 5.03. The molecule has 6 heteroatoms. The number of hydrogen-bond acceptors (Lipinski definition) is 6. The van der Waals surface area contributed by atoms with Gasteiger partial charge in [0.1, 0.15) is 12.2 Å². The molecule has 1 saturated heterocycles. The van der Waals surface area contributed by atoms with Crippen molar-refractivity contribution in [2.24, 2.45) is 0 Å². The molecule has 2 rings (SSSR count). The Morgan fingerprint density at radius 3 is 2.35 bits per heavy atom. The summed E-state index contributed by atoms with van der Waals surface area (Å²) < 4.78 is 10.7. The number of methoxy groups -OCH3 is 2. The molecule has 0 bridgehead atoms. The van der Waals surface area contributed by atoms with Gasteiger partial charge in [-0.3, -0.25) is 4.79 Å². The molecule has 1 aliphatic rings. The summed E-state index contributed by atoms with van der Waals surface area (Å²) in [5.41, 5.74) is 0.787. The standard InChI is InChI=1S/C11H16N2O3S/c1-7-10(6-14)17-11(12-7)13-4-8(15-2)9(5-13)16-3/h6,8-9H,4-5H2,1-3H3. The normalized spacial score (nSPS) is 24.3. The smallest absolute Gasteiger partial charge is 0.186 e. The van der Waals surface area contributed by atoms with Gasteiger partial charge < -0.3 is 14.4 Å². The molecule has 0 radical (unpaired) electrons. The number of aryl methyl sites for hydroxylation is 1. The van der Waals surface area contributed by atoms with Gasteiger partial charge in [0.15, 0.2) is 11.4 Å². The topological polar surface area (TPSA) is 51.7 Å². The Bertz CT molecular complexity index is 395. The van der Waals surface area contributed by atoms with Crippen LogP contribution in [0, 0.1) is 6.92 Å². The Hall–Kier alpha value is -0.980. The van der Waals surface area contributed by atoms with Crippen LogP contribution < -0.4 is 4.90 Å². The predicted molar refractivity (Wildman–Crippen MR) is 66.0 cm³/mol. The summed E-state index contributed by atoms with van der Waals surface area (Å²) in [6.45, 7) is 3.35. The summed E-state index contributed by atoms with van der Waals surface area (Å²) >= 11 is 1.42. The van der Waals surface area contributed by atoms with E-state index in [-0.39, 0.29) is 12.2 Å². The largest absolute Gasteiger partial charge is 0.377 e. The minimum absolute atomic E-state index is 0.0592. The summed E-state index contributed by atoms with van der Waals surface area (Å²) in [5, 5.41) is 0.867. The maximum absolute atomic E-state index is 10.8. The second-order valence-electron chi connectivity index (χ2n) is 4.02. The van der Waals surface area contributed by atoms with Crippen LogP contribution in [0.2, 0.25) is 0 Å². The molecule has 2 atom stereocenters. The van der Waals surface area contributed by atoms with Crippen LogP contribution in [0.15, 0.2) is 0 Å². The van der Waals surface area contributed by atoms with Crippen LogP contribution in [-0.4, -0.2) is 50.8 Å². The third-order valence-electron chi connectivity index (χ3n) is 3.02. The minimum atomic E-state index is 0.0592. The molecule has 94 valence electrons. The minimum Gasteiger partial charge on any atom is -0.377 e. The van der Waals surface area contributed by atoms with E-state index in [1.165, 1.54) is 11.3 Å². The molecule has 2 unspecified atom stereocenters. The Morgan fingerprint density at radius 2 is 1.94 bits per heavy atom. The number of rotatable bonds is 4. The summed E-state index contributed by atoms with van der Waals surface area (Å²) in [6, 6.07) is 0. The summed E-state index contributed by atoms with van der Waals surface area (Å²) in [7, 11) is 3.37. The molecule has 0 aliphatic carbocycles. The molecular formula is C11H16N2O3S. The Morgan fingerprint density at radius 1 is 1.35 bits per heavy atom. The molecular weight excluding hydrogens is 240 g/mol. The Balaban J connectivity index is 2.15. The fourth-order valence-electron chi connectivity index (χ4n) is 1.99. The maximum Gasteiger partial charge on any atom is 0.186 e. The average Bonchev–Trinajstić information content (AvgIpc) is 2.91. The summed E-state index contributed by atoms with van der Waals surface area (Å²) in [5.74, 6) is 0. The maximum atomic E-state index is 10.8. The van der Waals surface area contributed by atoms with E-state index in [2.05, 4.69) is 9.88 Å². The van der Waals surface area contributed by atoms with E-state index in [9.17, 15) is 4.79 Å². The van der Waals surface area contributed by atoms with E-state index in [1.54, 1.807) is 14.2 Å². The first-order chi connectivity index (χ1) is 8.19. The van der Waals surface area contributed by atoms with Crippen molar-refractivity contribution in [3.63, 3.8) is 0 Å². The van der Waals surface area contributed by atoms with E-state index >= 15 is 0 Å². The lowest BCUT2D eigenvalue weighted by molar-refractivity contribution is -0.00461. The van der Waals surface area contributed by atoms with Gasteiger partial charge in [-0.1, -0.05) is 11.3 Å². The van der Waals surface area contributed by atoms with E-state index in [4.69, 9.17) is 9.47 Å². The molecule has 2 heterocycles. The van der Waals surface area contributed by atoms with Crippen molar-refractivity contribution in [2.45, 2.75) is 19.1 Å². The predicted octanol–water partition coefficient (Wildman–Crippen LogP) is 1.11. The molecule has 5 nitrogen and oxygen atoms in total. The number of nitrogens with zero attached hydrogens (tertiary/aromatic N) is 2. The van der Waals surface area contributed by atoms with Crippen LogP contribution in [0.25, 0.3) is 0 Å². The Labute approximate surface area is 104 Å². The van der Waals surface area contributed by atoms with Crippen molar-refractivity contribution in [3.8, 4) is 0 Å². The highest BCUT2D eigenvalue weighted by Crippen LogP contribution is 2.29. The molecule has 1 aromatic rings. The zero-order valence-corrected chi connectivity index (χ0v) is 11.0. The fraction of sp³-hybridized carbons (Fsp3) is 0.636. The number of anilines is 1.